The first kappa shape index (κ1) is 19.6. The van der Waals surface area contributed by atoms with Crippen LogP contribution >= 0.6 is 11.3 Å². The van der Waals surface area contributed by atoms with Crippen LogP contribution in [0.15, 0.2) is 12.4 Å². The van der Waals surface area contributed by atoms with E-state index in [0.29, 0.717) is 23.5 Å². The van der Waals surface area contributed by atoms with Crippen molar-refractivity contribution in [2.75, 3.05) is 5.32 Å². The Hall–Kier alpha value is -2.15. The summed E-state index contributed by atoms with van der Waals surface area (Å²) in [6.07, 6.45) is 8.65. The summed E-state index contributed by atoms with van der Waals surface area (Å²) >= 11 is 1.52. The molecule has 0 aromatic carbocycles. The second-order valence-corrected chi connectivity index (χ2v) is 8.22. The van der Waals surface area contributed by atoms with Crippen LogP contribution in [0.5, 0.6) is 0 Å². The highest BCUT2D eigenvalue weighted by molar-refractivity contribution is 7.17. The monoisotopic (exact) mass is 389 g/mol. The van der Waals surface area contributed by atoms with Gasteiger partial charge in [0.1, 0.15) is 5.00 Å². The van der Waals surface area contributed by atoms with Crippen molar-refractivity contribution in [2.45, 2.75) is 71.9 Å². The molecule has 0 fully saturated rings. The van der Waals surface area contributed by atoms with Crippen molar-refractivity contribution in [3.8, 4) is 0 Å². The number of aromatic nitrogens is 2. The van der Waals surface area contributed by atoms with E-state index < -0.39 is 0 Å². The molecular weight excluding hydrogens is 362 g/mol. The van der Waals surface area contributed by atoms with Gasteiger partial charge in [-0.05, 0) is 57.1 Å². The molecule has 0 saturated heterocycles. The van der Waals surface area contributed by atoms with E-state index >= 15 is 0 Å². The molecule has 0 radical (unpaired) electrons. The molecule has 3 rings (SSSR count). The Morgan fingerprint density at radius 1 is 1.37 bits per heavy atom. The van der Waals surface area contributed by atoms with Crippen LogP contribution in [0.25, 0.3) is 0 Å². The molecule has 1 aliphatic carbocycles. The normalized spacial score (nSPS) is 14.5. The zero-order valence-electron chi connectivity index (χ0n) is 16.2. The van der Waals surface area contributed by atoms with Crippen molar-refractivity contribution in [2.24, 2.45) is 0 Å². The second kappa shape index (κ2) is 8.69. The van der Waals surface area contributed by atoms with E-state index in [4.69, 9.17) is 4.74 Å². The van der Waals surface area contributed by atoms with E-state index in [2.05, 4.69) is 10.4 Å². The molecule has 0 aliphatic heterocycles. The first-order valence-electron chi connectivity index (χ1n) is 9.62. The third-order valence-electron chi connectivity index (χ3n) is 4.84. The van der Waals surface area contributed by atoms with Gasteiger partial charge >= 0.3 is 5.97 Å². The summed E-state index contributed by atoms with van der Waals surface area (Å²) in [7, 11) is 0. The lowest BCUT2D eigenvalue weighted by Crippen LogP contribution is -2.19. The summed E-state index contributed by atoms with van der Waals surface area (Å²) in [5.41, 5.74) is 2.70. The number of nitrogens with one attached hydrogen (secondary N) is 1. The zero-order valence-corrected chi connectivity index (χ0v) is 17.0. The Morgan fingerprint density at radius 3 is 2.85 bits per heavy atom. The summed E-state index contributed by atoms with van der Waals surface area (Å²) in [5.74, 6) is -0.430. The first-order chi connectivity index (χ1) is 13.0. The number of carbonyl (C=O) groups is 2. The number of ether oxygens (including phenoxy) is 1. The average molecular weight is 390 g/mol. The van der Waals surface area contributed by atoms with Gasteiger partial charge in [-0.25, -0.2) is 4.79 Å². The summed E-state index contributed by atoms with van der Waals surface area (Å²) in [6.45, 7) is 6.36. The van der Waals surface area contributed by atoms with E-state index in [-0.39, 0.29) is 18.0 Å². The number of esters is 1. The molecular formula is C20H27N3O3S. The number of amides is 1. The molecule has 1 N–H and O–H groups in total. The molecule has 1 unspecified atom stereocenters. The molecule has 0 spiro atoms. The lowest BCUT2D eigenvalue weighted by molar-refractivity contribution is -0.116. The van der Waals surface area contributed by atoms with Crippen molar-refractivity contribution in [1.29, 1.82) is 0 Å². The van der Waals surface area contributed by atoms with E-state index in [1.165, 1.54) is 16.2 Å². The zero-order chi connectivity index (χ0) is 19.4. The van der Waals surface area contributed by atoms with Gasteiger partial charge in [0.2, 0.25) is 5.91 Å². The Kier molecular flexibility index (Phi) is 6.31. The van der Waals surface area contributed by atoms with Gasteiger partial charge in [-0.15, -0.1) is 11.3 Å². The predicted octanol–water partition coefficient (Wildman–Crippen LogP) is 4.12. The van der Waals surface area contributed by atoms with Crippen LogP contribution in [0.2, 0.25) is 0 Å². The van der Waals surface area contributed by atoms with Crippen molar-refractivity contribution in [1.82, 2.24) is 9.78 Å². The highest BCUT2D eigenvalue weighted by Gasteiger charge is 2.28. The van der Waals surface area contributed by atoms with Gasteiger partial charge in [0.05, 0.1) is 17.9 Å². The Morgan fingerprint density at radius 2 is 2.15 bits per heavy atom. The largest absolute Gasteiger partial charge is 0.459 e. The number of carbonyl (C=O) groups excluding carboxylic acids is 2. The molecule has 27 heavy (non-hydrogen) atoms. The van der Waals surface area contributed by atoms with Crippen LogP contribution in [-0.2, 0) is 28.9 Å². The van der Waals surface area contributed by atoms with Gasteiger partial charge in [0, 0.05) is 24.0 Å². The maximum atomic E-state index is 12.8. The number of rotatable bonds is 7. The number of anilines is 1. The van der Waals surface area contributed by atoms with Crippen LogP contribution in [0.4, 0.5) is 5.00 Å². The highest BCUT2D eigenvalue weighted by Crippen LogP contribution is 2.38. The minimum absolute atomic E-state index is 0.112. The van der Waals surface area contributed by atoms with Gasteiger partial charge in [-0.3, -0.25) is 9.48 Å². The number of nitrogens with zero attached hydrogens (tertiary/aromatic N) is 2. The van der Waals surface area contributed by atoms with Crippen LogP contribution in [0, 0.1) is 6.92 Å². The lowest BCUT2D eigenvalue weighted by Gasteiger charge is -2.15. The summed E-state index contributed by atoms with van der Waals surface area (Å²) in [5, 5.41) is 7.79. The topological polar surface area (TPSA) is 73.2 Å². The summed E-state index contributed by atoms with van der Waals surface area (Å²) in [4.78, 5) is 26.4. The average Bonchev–Trinajstić information content (AvgIpc) is 3.22. The first-order valence-corrected chi connectivity index (χ1v) is 10.4. The summed E-state index contributed by atoms with van der Waals surface area (Å²) in [6, 6.07) is 0. The lowest BCUT2D eigenvalue weighted by atomic mass is 9.95. The van der Waals surface area contributed by atoms with Gasteiger partial charge in [-0.2, -0.15) is 5.10 Å². The van der Waals surface area contributed by atoms with Gasteiger partial charge in [-0.1, -0.05) is 6.92 Å². The maximum absolute atomic E-state index is 12.8. The van der Waals surface area contributed by atoms with E-state index in [0.717, 1.165) is 43.2 Å². The molecule has 6 nitrogen and oxygen atoms in total. The smallest absolute Gasteiger partial charge is 0.341 e. The molecule has 2 aromatic heterocycles. The third-order valence-corrected chi connectivity index (χ3v) is 6.05. The Bertz CT molecular complexity index is 825. The molecule has 0 saturated carbocycles. The van der Waals surface area contributed by atoms with E-state index in [1.807, 2.05) is 27.0 Å². The molecule has 1 aliphatic rings. The Labute approximate surface area is 163 Å². The standard InChI is InChI=1S/C20H27N3O3S/c1-4-14(3)26-20(25)18-15-7-5-6-8-16(15)27-19(18)22-17(24)9-10-23-12-13(2)11-21-23/h11-12,14H,4-10H2,1-3H3,(H,22,24). The molecule has 1 amide bonds. The predicted molar refractivity (Wildman–Crippen MR) is 106 cm³/mol. The van der Waals surface area contributed by atoms with Crippen molar-refractivity contribution < 1.29 is 14.3 Å². The van der Waals surface area contributed by atoms with Crippen molar-refractivity contribution in [3.63, 3.8) is 0 Å². The minimum Gasteiger partial charge on any atom is -0.459 e. The quantitative estimate of drug-likeness (QED) is 0.723. The number of aryl methyl sites for hydroxylation is 3. The fourth-order valence-electron chi connectivity index (χ4n) is 3.19. The van der Waals surface area contributed by atoms with Gasteiger partial charge < -0.3 is 10.1 Å². The molecule has 1 atom stereocenters. The summed E-state index contributed by atoms with van der Waals surface area (Å²) < 4.78 is 7.32. The number of hydrogen-bond acceptors (Lipinski definition) is 5. The van der Waals surface area contributed by atoms with Crippen LogP contribution < -0.4 is 5.32 Å². The van der Waals surface area contributed by atoms with Crippen LogP contribution in [-0.4, -0.2) is 27.8 Å². The molecule has 0 bridgehead atoms. The molecule has 2 heterocycles. The minimum atomic E-state index is -0.318. The molecule has 146 valence electrons. The SMILES string of the molecule is CCC(C)OC(=O)c1c(NC(=O)CCn2cc(C)cn2)sc2c1CCCC2. The van der Waals surface area contributed by atoms with Crippen molar-refractivity contribution in [3.05, 3.63) is 34.0 Å². The van der Waals surface area contributed by atoms with Gasteiger partial charge in [0.25, 0.3) is 0 Å². The second-order valence-electron chi connectivity index (χ2n) is 7.12. The van der Waals surface area contributed by atoms with E-state index in [1.54, 1.807) is 10.9 Å². The molecule has 7 heteroatoms. The van der Waals surface area contributed by atoms with Crippen LogP contribution in [0.1, 0.15) is 65.9 Å². The number of fused-ring (bicyclic) bond motifs is 1. The fraction of sp³-hybridized carbons (Fsp3) is 0.550. The number of thiophene rings is 1. The van der Waals surface area contributed by atoms with Crippen LogP contribution in [0.3, 0.4) is 0 Å². The maximum Gasteiger partial charge on any atom is 0.341 e. The molecule has 2 aromatic rings. The highest BCUT2D eigenvalue weighted by atomic mass is 32.1. The third kappa shape index (κ3) is 4.77. The fourth-order valence-corrected chi connectivity index (χ4v) is 4.48. The Balaban J connectivity index is 1.74. The number of hydrogen-bond donors (Lipinski definition) is 1. The van der Waals surface area contributed by atoms with Crippen molar-refractivity contribution >= 4 is 28.2 Å². The van der Waals surface area contributed by atoms with E-state index in [9.17, 15) is 9.59 Å². The van der Waals surface area contributed by atoms with Gasteiger partial charge in [0.15, 0.2) is 0 Å².